The van der Waals surface area contributed by atoms with Crippen LogP contribution in [0.25, 0.3) is 28.2 Å². The molecule has 1 aromatic carbocycles. The average molecular weight is 594 g/mol. The first kappa shape index (κ1) is 32.2. The van der Waals surface area contributed by atoms with Gasteiger partial charge in [-0.25, -0.2) is 14.2 Å². The molecule has 0 spiro atoms. The van der Waals surface area contributed by atoms with Crippen molar-refractivity contribution in [2.24, 2.45) is 12.5 Å². The molecule has 2 aromatic heterocycles. The highest BCUT2D eigenvalue weighted by Crippen LogP contribution is 2.44. The van der Waals surface area contributed by atoms with Crippen LogP contribution in [0, 0.1) is 25.1 Å². The van der Waals surface area contributed by atoms with Crippen LogP contribution in [0.4, 0.5) is 4.39 Å². The maximum atomic E-state index is 15.6. The summed E-state index contributed by atoms with van der Waals surface area (Å²) in [5.74, 6) is -1.61. The Morgan fingerprint density at radius 1 is 1.21 bits per heavy atom. The standard InChI is InChI=1S/C34H44FN3O5/c1-19-22-11-10-16-42-29(22)25(35)18-23(19)28-24-17-21(12-13-26(39)36-15-14-33(3,4)5)38(9)31(24)37-20(2)27(28)30(32(40)41)43-34(6,7)8/h12-13,17-18,30H,10-11,14-16H2,1-9H3,(H,36,39)(H,40,41)/b13-12+/t30-/m0/s1. The molecule has 0 radical (unpaired) electrons. The van der Waals surface area contributed by atoms with E-state index < -0.39 is 23.5 Å². The number of carboxylic acid groups (broad SMARTS) is 1. The SMILES string of the molecule is Cc1nc2c(cc(/C=C/C(=O)NCCC(C)(C)C)n2C)c(-c2cc(F)c3c(c2C)CCCO3)c1[C@H](OC(C)(C)C)C(=O)O. The lowest BCUT2D eigenvalue weighted by molar-refractivity contribution is -0.160. The lowest BCUT2D eigenvalue weighted by Crippen LogP contribution is -2.28. The Labute approximate surface area is 253 Å². The highest BCUT2D eigenvalue weighted by atomic mass is 19.1. The number of halogens is 1. The van der Waals surface area contributed by atoms with Gasteiger partial charge in [-0.1, -0.05) is 20.8 Å². The Balaban J connectivity index is 1.94. The Hall–Kier alpha value is -3.72. The lowest BCUT2D eigenvalue weighted by atomic mass is 9.86. The number of pyridine rings is 1. The third kappa shape index (κ3) is 7.09. The van der Waals surface area contributed by atoms with Gasteiger partial charge in [0.2, 0.25) is 5.91 Å². The molecule has 232 valence electrons. The number of hydrogen-bond donors (Lipinski definition) is 2. The van der Waals surface area contributed by atoms with Gasteiger partial charge < -0.3 is 24.5 Å². The third-order valence-corrected chi connectivity index (χ3v) is 7.68. The van der Waals surface area contributed by atoms with E-state index in [0.29, 0.717) is 58.7 Å². The van der Waals surface area contributed by atoms with Crippen molar-refractivity contribution in [3.05, 3.63) is 52.1 Å². The van der Waals surface area contributed by atoms with E-state index in [9.17, 15) is 14.7 Å². The van der Waals surface area contributed by atoms with E-state index in [1.165, 1.54) is 12.1 Å². The molecule has 0 saturated heterocycles. The van der Waals surface area contributed by atoms with Crippen molar-refractivity contribution < 1.29 is 28.6 Å². The van der Waals surface area contributed by atoms with E-state index in [4.69, 9.17) is 14.5 Å². The second-order valence-corrected chi connectivity index (χ2v) is 13.5. The number of aliphatic carboxylic acids is 1. The Morgan fingerprint density at radius 2 is 1.91 bits per heavy atom. The number of nitrogens with one attached hydrogen (secondary N) is 1. The van der Waals surface area contributed by atoms with Crippen LogP contribution in [0.15, 0.2) is 18.2 Å². The first-order chi connectivity index (χ1) is 20.0. The molecule has 43 heavy (non-hydrogen) atoms. The quantitative estimate of drug-likeness (QED) is 0.278. The largest absolute Gasteiger partial charge is 0.490 e. The van der Waals surface area contributed by atoms with Crippen LogP contribution in [-0.4, -0.2) is 45.3 Å². The summed E-state index contributed by atoms with van der Waals surface area (Å²) < 4.78 is 29.2. The Bertz CT molecular complexity index is 1590. The number of benzene rings is 1. The van der Waals surface area contributed by atoms with Crippen molar-refractivity contribution in [2.45, 2.75) is 86.4 Å². The van der Waals surface area contributed by atoms with Gasteiger partial charge in [0.25, 0.3) is 0 Å². The minimum atomic E-state index is -1.35. The van der Waals surface area contributed by atoms with Gasteiger partial charge in [-0.05, 0) is 88.6 Å². The van der Waals surface area contributed by atoms with Crippen molar-refractivity contribution >= 4 is 29.0 Å². The number of ether oxygens (including phenoxy) is 2. The smallest absolute Gasteiger partial charge is 0.337 e. The van der Waals surface area contributed by atoms with Crippen LogP contribution in [0.2, 0.25) is 0 Å². The molecule has 3 heterocycles. The monoisotopic (exact) mass is 593 g/mol. The minimum absolute atomic E-state index is 0.107. The fourth-order valence-electron chi connectivity index (χ4n) is 5.53. The van der Waals surface area contributed by atoms with Gasteiger partial charge >= 0.3 is 5.97 Å². The normalized spacial score (nSPS) is 14.6. The maximum absolute atomic E-state index is 15.6. The van der Waals surface area contributed by atoms with Crippen LogP contribution in [0.1, 0.15) is 88.6 Å². The third-order valence-electron chi connectivity index (χ3n) is 7.68. The van der Waals surface area contributed by atoms with Crippen molar-refractivity contribution in [3.8, 4) is 16.9 Å². The number of rotatable bonds is 8. The predicted octanol–water partition coefficient (Wildman–Crippen LogP) is 6.83. The topological polar surface area (TPSA) is 103 Å². The first-order valence-electron chi connectivity index (χ1n) is 14.8. The molecule has 0 aliphatic carbocycles. The summed E-state index contributed by atoms with van der Waals surface area (Å²) >= 11 is 0. The van der Waals surface area contributed by atoms with Crippen molar-refractivity contribution in [3.63, 3.8) is 0 Å². The molecule has 0 fully saturated rings. The molecule has 4 rings (SSSR count). The van der Waals surface area contributed by atoms with Crippen LogP contribution < -0.4 is 10.1 Å². The predicted molar refractivity (Wildman–Crippen MR) is 167 cm³/mol. The molecule has 0 saturated carbocycles. The van der Waals surface area contributed by atoms with E-state index in [0.717, 1.165) is 24.0 Å². The molecule has 1 amide bonds. The molecule has 1 aliphatic heterocycles. The minimum Gasteiger partial charge on any atom is -0.490 e. The van der Waals surface area contributed by atoms with E-state index >= 15 is 4.39 Å². The van der Waals surface area contributed by atoms with E-state index in [-0.39, 0.29) is 17.1 Å². The fourth-order valence-corrected chi connectivity index (χ4v) is 5.53. The molecule has 0 bridgehead atoms. The van der Waals surface area contributed by atoms with Crippen molar-refractivity contribution in [1.29, 1.82) is 0 Å². The molecule has 1 atom stereocenters. The summed E-state index contributed by atoms with van der Waals surface area (Å²) in [6, 6.07) is 3.29. The summed E-state index contributed by atoms with van der Waals surface area (Å²) in [6.45, 7) is 16.4. The van der Waals surface area contributed by atoms with Gasteiger partial charge in [0, 0.05) is 53.1 Å². The molecule has 2 N–H and O–H groups in total. The summed E-state index contributed by atoms with van der Waals surface area (Å²) in [5.41, 5.74) is 4.15. The van der Waals surface area contributed by atoms with Gasteiger partial charge in [0.15, 0.2) is 17.7 Å². The first-order valence-corrected chi connectivity index (χ1v) is 14.8. The second-order valence-electron chi connectivity index (χ2n) is 13.5. The van der Waals surface area contributed by atoms with Crippen LogP contribution in [0.5, 0.6) is 5.75 Å². The molecule has 0 unspecified atom stereocenters. The molecular formula is C34H44FN3O5. The number of carboxylic acids is 1. The summed E-state index contributed by atoms with van der Waals surface area (Å²) in [4.78, 5) is 30.1. The molecule has 3 aromatic rings. The number of hydrogen-bond acceptors (Lipinski definition) is 5. The highest BCUT2D eigenvalue weighted by molar-refractivity contribution is 6.01. The average Bonchev–Trinajstić information content (AvgIpc) is 3.21. The highest BCUT2D eigenvalue weighted by Gasteiger charge is 2.34. The number of nitrogens with zero attached hydrogens (tertiary/aromatic N) is 2. The van der Waals surface area contributed by atoms with Gasteiger partial charge in [0.05, 0.1) is 12.2 Å². The summed E-state index contributed by atoms with van der Waals surface area (Å²) in [6.07, 6.45) is 4.10. The number of aryl methyl sites for hydroxylation is 2. The second kappa shape index (κ2) is 12.1. The summed E-state index contributed by atoms with van der Waals surface area (Å²) in [7, 11) is 1.84. The lowest BCUT2D eigenvalue weighted by Gasteiger charge is -2.29. The fraction of sp³-hybridized carbons (Fsp3) is 0.500. The Morgan fingerprint density at radius 3 is 2.53 bits per heavy atom. The molecular weight excluding hydrogens is 549 g/mol. The summed E-state index contributed by atoms with van der Waals surface area (Å²) in [5, 5.41) is 14.0. The van der Waals surface area contributed by atoms with Crippen LogP contribution in [-0.2, 0) is 27.8 Å². The van der Waals surface area contributed by atoms with Crippen molar-refractivity contribution in [1.82, 2.24) is 14.9 Å². The zero-order valence-corrected chi connectivity index (χ0v) is 26.8. The number of fused-ring (bicyclic) bond motifs is 2. The number of aromatic nitrogens is 2. The zero-order chi connectivity index (χ0) is 31.9. The molecule has 8 nitrogen and oxygen atoms in total. The number of amides is 1. The Kier molecular flexibility index (Phi) is 9.07. The van der Waals surface area contributed by atoms with Gasteiger partial charge in [-0.2, -0.15) is 0 Å². The number of carbonyl (C=O) groups is 2. The van der Waals surface area contributed by atoms with Crippen LogP contribution >= 0.6 is 0 Å². The van der Waals surface area contributed by atoms with Gasteiger partial charge in [-0.15, -0.1) is 0 Å². The zero-order valence-electron chi connectivity index (χ0n) is 26.8. The van der Waals surface area contributed by atoms with E-state index in [1.807, 2.05) is 24.6 Å². The van der Waals surface area contributed by atoms with Crippen LogP contribution in [0.3, 0.4) is 0 Å². The maximum Gasteiger partial charge on any atom is 0.337 e. The van der Waals surface area contributed by atoms with E-state index in [2.05, 4.69) is 26.1 Å². The molecule has 1 aliphatic rings. The van der Waals surface area contributed by atoms with Gasteiger partial charge in [-0.3, -0.25) is 4.79 Å². The van der Waals surface area contributed by atoms with Gasteiger partial charge in [0.1, 0.15) is 5.65 Å². The van der Waals surface area contributed by atoms with Crippen molar-refractivity contribution in [2.75, 3.05) is 13.2 Å². The molecule has 9 heteroatoms. The van der Waals surface area contributed by atoms with E-state index in [1.54, 1.807) is 33.8 Å². The number of carbonyl (C=O) groups excluding carboxylic acids is 1.